The predicted octanol–water partition coefficient (Wildman–Crippen LogP) is 3.10. The second-order valence-corrected chi connectivity index (χ2v) is 5.28. The lowest BCUT2D eigenvalue weighted by molar-refractivity contribution is -0.145. The summed E-state index contributed by atoms with van der Waals surface area (Å²) in [6.07, 6.45) is 4.87. The minimum absolute atomic E-state index is 0.0651. The highest BCUT2D eigenvalue weighted by molar-refractivity contribution is 5.86. The molecule has 0 saturated heterocycles. The van der Waals surface area contributed by atoms with E-state index >= 15 is 0 Å². The number of methoxy groups -OCH3 is 1. The molecule has 1 aliphatic carbocycles. The first-order chi connectivity index (χ1) is 9.74. The van der Waals surface area contributed by atoms with Crippen molar-refractivity contribution in [2.75, 3.05) is 7.11 Å². The van der Waals surface area contributed by atoms with Crippen LogP contribution in [0.3, 0.4) is 0 Å². The molecule has 0 bridgehead atoms. The third kappa shape index (κ3) is 1.96. The molecule has 1 N–H and O–H groups in total. The largest absolute Gasteiger partial charge is 0.469 e. The first-order valence-corrected chi connectivity index (χ1v) is 6.83. The third-order valence-electron chi connectivity index (χ3n) is 4.26. The number of carbonyl (C=O) groups is 1. The molecule has 20 heavy (non-hydrogen) atoms. The van der Waals surface area contributed by atoms with Crippen LogP contribution in [0.2, 0.25) is 0 Å². The van der Waals surface area contributed by atoms with E-state index in [1.54, 1.807) is 6.07 Å². The van der Waals surface area contributed by atoms with Crippen LogP contribution in [0.5, 0.6) is 0 Å². The van der Waals surface area contributed by atoms with Gasteiger partial charge in [0, 0.05) is 17.1 Å². The minimum atomic E-state index is -0.127. The molecule has 1 aromatic heterocycles. The molecule has 2 aromatic rings. The highest BCUT2D eigenvalue weighted by atomic mass is 16.5. The smallest absolute Gasteiger partial charge is 0.309 e. The summed E-state index contributed by atoms with van der Waals surface area (Å²) >= 11 is 0. The van der Waals surface area contributed by atoms with E-state index in [2.05, 4.69) is 11.1 Å². The number of ether oxygens (including phenoxy) is 1. The van der Waals surface area contributed by atoms with Gasteiger partial charge in [-0.3, -0.25) is 4.79 Å². The number of aromatic nitrogens is 1. The molecule has 0 amide bonds. The number of nitrogens with one attached hydrogen (secondary N) is 1. The maximum absolute atomic E-state index is 11.9. The van der Waals surface area contributed by atoms with E-state index in [0.717, 1.165) is 35.7 Å². The Morgan fingerprint density at radius 3 is 3.05 bits per heavy atom. The molecule has 1 saturated carbocycles. The lowest BCUT2D eigenvalue weighted by Crippen LogP contribution is -2.18. The maximum Gasteiger partial charge on any atom is 0.309 e. The molecule has 1 aliphatic rings. The number of benzene rings is 1. The average molecular weight is 268 g/mol. The summed E-state index contributed by atoms with van der Waals surface area (Å²) in [6, 6.07) is 7.78. The van der Waals surface area contributed by atoms with E-state index in [1.165, 1.54) is 7.11 Å². The number of hydrogen-bond acceptors (Lipinski definition) is 3. The number of nitriles is 1. The first-order valence-electron chi connectivity index (χ1n) is 6.83. The number of H-pyrrole nitrogens is 1. The zero-order valence-corrected chi connectivity index (χ0v) is 11.3. The fraction of sp³-hybridized carbons (Fsp3) is 0.375. The van der Waals surface area contributed by atoms with Gasteiger partial charge in [-0.1, -0.05) is 6.42 Å². The maximum atomic E-state index is 11.9. The Bertz CT molecular complexity index is 696. The van der Waals surface area contributed by atoms with Gasteiger partial charge >= 0.3 is 5.97 Å². The van der Waals surface area contributed by atoms with Crippen LogP contribution in [-0.2, 0) is 9.53 Å². The Labute approximate surface area is 117 Å². The van der Waals surface area contributed by atoms with Crippen molar-refractivity contribution in [1.29, 1.82) is 5.26 Å². The first kappa shape index (κ1) is 12.7. The number of fused-ring (bicyclic) bond motifs is 1. The van der Waals surface area contributed by atoms with Gasteiger partial charge in [-0.15, -0.1) is 0 Å². The van der Waals surface area contributed by atoms with Crippen molar-refractivity contribution in [2.45, 2.75) is 25.2 Å². The van der Waals surface area contributed by atoms with Crippen LogP contribution >= 0.6 is 0 Å². The van der Waals surface area contributed by atoms with Crippen LogP contribution in [0.15, 0.2) is 24.4 Å². The van der Waals surface area contributed by atoms with Crippen molar-refractivity contribution >= 4 is 16.9 Å². The Hall–Kier alpha value is -2.28. The molecular formula is C16H16N2O2. The molecule has 102 valence electrons. The van der Waals surface area contributed by atoms with Crippen LogP contribution in [0.4, 0.5) is 0 Å². The standard InChI is InChI=1S/C16H16N2O2/c1-20-16(19)12-4-2-3-11(12)14-9-18-15-6-5-10(8-17)7-13(14)15/h5-7,9,11-12,18H,2-4H2,1H3/t11-,12-/m1/s1. The topological polar surface area (TPSA) is 65.9 Å². The fourth-order valence-electron chi connectivity index (χ4n) is 3.28. The quantitative estimate of drug-likeness (QED) is 0.851. The summed E-state index contributed by atoms with van der Waals surface area (Å²) in [4.78, 5) is 15.1. The van der Waals surface area contributed by atoms with Crippen LogP contribution in [0.1, 0.15) is 36.3 Å². The molecule has 1 heterocycles. The zero-order chi connectivity index (χ0) is 14.1. The molecule has 2 atom stereocenters. The molecule has 1 fully saturated rings. The van der Waals surface area contributed by atoms with Crippen molar-refractivity contribution < 1.29 is 9.53 Å². The molecule has 0 spiro atoms. The molecular weight excluding hydrogens is 252 g/mol. The van der Waals surface area contributed by atoms with Crippen molar-refractivity contribution in [3.63, 3.8) is 0 Å². The van der Waals surface area contributed by atoms with Gasteiger partial charge in [0.25, 0.3) is 0 Å². The van der Waals surface area contributed by atoms with E-state index < -0.39 is 0 Å². The van der Waals surface area contributed by atoms with Gasteiger partial charge in [0.1, 0.15) is 0 Å². The monoisotopic (exact) mass is 268 g/mol. The second-order valence-electron chi connectivity index (χ2n) is 5.28. The number of esters is 1. The Morgan fingerprint density at radius 2 is 2.30 bits per heavy atom. The average Bonchev–Trinajstić information content (AvgIpc) is 3.11. The van der Waals surface area contributed by atoms with Crippen molar-refractivity contribution in [1.82, 2.24) is 4.98 Å². The molecule has 4 nitrogen and oxygen atoms in total. The van der Waals surface area contributed by atoms with Crippen LogP contribution in [-0.4, -0.2) is 18.1 Å². The van der Waals surface area contributed by atoms with E-state index in [4.69, 9.17) is 10.00 Å². The van der Waals surface area contributed by atoms with Gasteiger partial charge in [-0.2, -0.15) is 5.26 Å². The van der Waals surface area contributed by atoms with E-state index in [9.17, 15) is 4.79 Å². The van der Waals surface area contributed by atoms with Crippen LogP contribution in [0.25, 0.3) is 10.9 Å². The Balaban J connectivity index is 2.05. The molecule has 0 unspecified atom stereocenters. The molecule has 4 heteroatoms. The fourth-order valence-corrected chi connectivity index (χ4v) is 3.28. The molecule has 3 rings (SSSR count). The van der Waals surface area contributed by atoms with E-state index in [1.807, 2.05) is 18.3 Å². The Morgan fingerprint density at radius 1 is 1.45 bits per heavy atom. The lowest BCUT2D eigenvalue weighted by Gasteiger charge is -2.16. The molecule has 1 aromatic carbocycles. The summed E-state index contributed by atoms with van der Waals surface area (Å²) in [6.45, 7) is 0. The summed E-state index contributed by atoms with van der Waals surface area (Å²) in [7, 11) is 1.45. The Kier molecular flexibility index (Phi) is 3.19. The van der Waals surface area contributed by atoms with Gasteiger partial charge in [0.05, 0.1) is 24.7 Å². The van der Waals surface area contributed by atoms with E-state index in [-0.39, 0.29) is 17.8 Å². The SMILES string of the molecule is COC(=O)[C@@H]1CCC[C@H]1c1c[nH]c2ccc(C#N)cc12. The van der Waals surface area contributed by atoms with Gasteiger partial charge in [-0.25, -0.2) is 0 Å². The minimum Gasteiger partial charge on any atom is -0.469 e. The lowest BCUT2D eigenvalue weighted by atomic mass is 9.88. The van der Waals surface area contributed by atoms with Gasteiger partial charge < -0.3 is 9.72 Å². The number of hydrogen-bond donors (Lipinski definition) is 1. The molecule has 0 radical (unpaired) electrons. The van der Waals surface area contributed by atoms with Crippen LogP contribution < -0.4 is 0 Å². The second kappa shape index (κ2) is 5.01. The predicted molar refractivity (Wildman–Crippen MR) is 75.1 cm³/mol. The zero-order valence-electron chi connectivity index (χ0n) is 11.3. The number of aromatic amines is 1. The summed E-state index contributed by atoms with van der Waals surface area (Å²) in [5.74, 6) is -0.00632. The summed E-state index contributed by atoms with van der Waals surface area (Å²) in [5.41, 5.74) is 2.78. The highest BCUT2D eigenvalue weighted by Crippen LogP contribution is 2.42. The number of carbonyl (C=O) groups excluding carboxylic acids is 1. The summed E-state index contributed by atoms with van der Waals surface area (Å²) in [5, 5.41) is 10.1. The van der Waals surface area contributed by atoms with Gasteiger partial charge in [0.15, 0.2) is 0 Å². The highest BCUT2D eigenvalue weighted by Gasteiger charge is 2.35. The van der Waals surface area contributed by atoms with Crippen molar-refractivity contribution in [3.05, 3.63) is 35.5 Å². The van der Waals surface area contributed by atoms with Crippen LogP contribution in [0, 0.1) is 17.2 Å². The van der Waals surface area contributed by atoms with Gasteiger partial charge in [0.2, 0.25) is 0 Å². The summed E-state index contributed by atoms with van der Waals surface area (Å²) < 4.78 is 4.92. The van der Waals surface area contributed by atoms with Gasteiger partial charge in [-0.05, 0) is 42.5 Å². The number of rotatable bonds is 2. The third-order valence-corrected chi connectivity index (χ3v) is 4.26. The van der Waals surface area contributed by atoms with Crippen molar-refractivity contribution in [2.24, 2.45) is 5.92 Å². The number of nitrogens with zero attached hydrogens (tertiary/aromatic N) is 1. The van der Waals surface area contributed by atoms with E-state index in [0.29, 0.717) is 5.56 Å². The normalized spacial score (nSPS) is 21.8. The molecule has 0 aliphatic heterocycles. The van der Waals surface area contributed by atoms with Crippen molar-refractivity contribution in [3.8, 4) is 6.07 Å².